The maximum Gasteiger partial charge on any atom is 0.418 e. The van der Waals surface area contributed by atoms with E-state index in [-0.39, 0.29) is 45.4 Å². The molecule has 2 saturated carbocycles. The van der Waals surface area contributed by atoms with Gasteiger partial charge < -0.3 is 15.0 Å². The number of imide groups is 1. The molecule has 0 spiro atoms. The molecule has 4 unspecified atom stereocenters. The third kappa shape index (κ3) is 5.26. The van der Waals surface area contributed by atoms with E-state index in [0.29, 0.717) is 32.6 Å². The summed E-state index contributed by atoms with van der Waals surface area (Å²) in [4.78, 5) is 57.9. The first-order chi connectivity index (χ1) is 23.4. The van der Waals surface area contributed by atoms with Crippen LogP contribution in [-0.4, -0.2) is 34.6 Å². The van der Waals surface area contributed by atoms with Crippen molar-refractivity contribution >= 4 is 63.8 Å². The lowest BCUT2D eigenvalue weighted by molar-refractivity contribution is -0.137. The normalized spacial score (nSPS) is 26.8. The molecule has 3 aromatic carbocycles. The molecule has 3 amide bonds. The highest BCUT2D eigenvalue weighted by Gasteiger charge is 2.70. The van der Waals surface area contributed by atoms with Gasteiger partial charge in [-0.3, -0.25) is 24.1 Å². The van der Waals surface area contributed by atoms with Crippen molar-refractivity contribution < 1.29 is 36.7 Å². The number of hydrogen-bond acceptors (Lipinski definition) is 7. The number of ether oxygens (including phenoxy) is 1. The number of anilines is 2. The zero-order valence-corrected chi connectivity index (χ0v) is 27.4. The highest BCUT2D eigenvalue weighted by molar-refractivity contribution is 8.00. The highest BCUT2D eigenvalue weighted by atomic mass is 35.5. The predicted molar refractivity (Wildman–Crippen MR) is 174 cm³/mol. The Morgan fingerprint density at radius 3 is 2.45 bits per heavy atom. The number of aromatic amines is 1. The molecule has 15 heteroatoms. The van der Waals surface area contributed by atoms with Crippen molar-refractivity contribution in [3.8, 4) is 5.75 Å². The van der Waals surface area contributed by atoms with Crippen molar-refractivity contribution in [2.24, 2.45) is 29.6 Å². The minimum absolute atomic E-state index is 0.159. The average molecular weight is 730 g/mol. The standard InChI is InChI=1S/C34H24ClF4N3O5S2/c35-14-5-10-22(47-13-23(43)40-21-4-2-1-3-20(21)34(37,38)39)17(11-14)24-25-18-12-19(28(25)48-30-29(24)49-33(46)41-30)27-26(18)31(44)42(32(27)45)16-8-6-15(36)7-9-16/h1-11,18-19,24-28H,12-13H2,(H,40,43)(H,41,46)/t18-,19-,24-,25?,26?,27?,28?/m1/s1. The number of alkyl halides is 3. The molecule has 7 atom stereocenters. The van der Waals surface area contributed by atoms with Crippen LogP contribution in [0, 0.1) is 35.4 Å². The summed E-state index contributed by atoms with van der Waals surface area (Å²) in [5.41, 5.74) is -0.541. The van der Waals surface area contributed by atoms with Crippen LogP contribution in [0.15, 0.2) is 76.6 Å². The molecule has 4 aliphatic rings. The van der Waals surface area contributed by atoms with Crippen LogP contribution in [0.3, 0.4) is 0 Å². The minimum atomic E-state index is -4.68. The molecule has 4 aromatic rings. The molecule has 3 fully saturated rings. The van der Waals surface area contributed by atoms with Crippen LogP contribution in [0.25, 0.3) is 0 Å². The summed E-state index contributed by atoms with van der Waals surface area (Å²) in [6, 6.07) is 14.6. The van der Waals surface area contributed by atoms with Crippen LogP contribution in [0.1, 0.15) is 28.3 Å². The Labute approximate surface area is 288 Å². The zero-order chi connectivity index (χ0) is 34.4. The van der Waals surface area contributed by atoms with E-state index in [9.17, 15) is 36.7 Å². The Morgan fingerprint density at radius 2 is 1.71 bits per heavy atom. The van der Waals surface area contributed by atoms with Gasteiger partial charge in [-0.25, -0.2) is 4.39 Å². The molecular formula is C34H24ClF4N3O5S2. The van der Waals surface area contributed by atoms with Gasteiger partial charge in [-0.1, -0.05) is 35.1 Å². The van der Waals surface area contributed by atoms with E-state index in [1.165, 1.54) is 48.2 Å². The molecule has 0 radical (unpaired) electrons. The second-order valence-corrected chi connectivity index (χ2v) is 15.2. The van der Waals surface area contributed by atoms with Crippen molar-refractivity contribution in [3.05, 3.63) is 103 Å². The first-order valence-corrected chi connectivity index (χ1v) is 17.4. The summed E-state index contributed by atoms with van der Waals surface area (Å²) in [6.45, 7) is -0.622. The van der Waals surface area contributed by atoms with E-state index >= 15 is 0 Å². The molecule has 8 rings (SSSR count). The number of carbonyl (C=O) groups is 3. The Morgan fingerprint density at radius 1 is 1.00 bits per heavy atom. The molecular weight excluding hydrogens is 706 g/mol. The molecule has 3 heterocycles. The van der Waals surface area contributed by atoms with Crippen LogP contribution in [0.2, 0.25) is 5.02 Å². The third-order valence-electron chi connectivity index (χ3n) is 9.98. The maximum atomic E-state index is 14.0. The van der Waals surface area contributed by atoms with E-state index in [1.54, 1.807) is 18.2 Å². The van der Waals surface area contributed by atoms with E-state index in [4.69, 9.17) is 16.3 Å². The number of halogens is 5. The number of thioether (sulfide) groups is 1. The molecule has 1 aromatic heterocycles. The summed E-state index contributed by atoms with van der Waals surface area (Å²) in [7, 11) is 0. The number of nitrogens with one attached hydrogen (secondary N) is 2. The topological polar surface area (TPSA) is 109 Å². The number of para-hydroxylation sites is 1. The summed E-state index contributed by atoms with van der Waals surface area (Å²) < 4.78 is 60.2. The number of hydrogen-bond donors (Lipinski definition) is 2. The number of thiazole rings is 1. The fraction of sp³-hybridized carbons (Fsp3) is 0.294. The van der Waals surface area contributed by atoms with E-state index < -0.39 is 53.5 Å². The van der Waals surface area contributed by atoms with Crippen molar-refractivity contribution in [1.29, 1.82) is 0 Å². The quantitative estimate of drug-likeness (QED) is 0.165. The van der Waals surface area contributed by atoms with Gasteiger partial charge in [-0.05, 0) is 78.8 Å². The smallest absolute Gasteiger partial charge is 0.418 e. The number of aromatic nitrogens is 1. The van der Waals surface area contributed by atoms with Gasteiger partial charge in [0.2, 0.25) is 11.8 Å². The van der Waals surface area contributed by atoms with Gasteiger partial charge in [0.15, 0.2) is 6.61 Å². The second kappa shape index (κ2) is 11.7. The van der Waals surface area contributed by atoms with E-state index in [1.807, 2.05) is 0 Å². The van der Waals surface area contributed by atoms with Gasteiger partial charge in [-0.15, -0.1) is 11.8 Å². The summed E-state index contributed by atoms with van der Waals surface area (Å²) in [5.74, 6) is -4.09. The van der Waals surface area contributed by atoms with Crippen molar-refractivity contribution in [3.63, 3.8) is 0 Å². The lowest BCUT2D eigenvalue weighted by Gasteiger charge is -2.43. The molecule has 2 N–H and O–H groups in total. The second-order valence-electron chi connectivity index (χ2n) is 12.5. The van der Waals surface area contributed by atoms with Crippen LogP contribution in [0.5, 0.6) is 5.75 Å². The minimum Gasteiger partial charge on any atom is -0.483 e. The van der Waals surface area contributed by atoms with Crippen LogP contribution >= 0.6 is 34.7 Å². The van der Waals surface area contributed by atoms with E-state index in [0.717, 1.165) is 28.4 Å². The van der Waals surface area contributed by atoms with Crippen molar-refractivity contribution in [1.82, 2.24) is 4.98 Å². The molecule has 49 heavy (non-hydrogen) atoms. The average Bonchev–Trinajstić information content (AvgIpc) is 3.79. The Hall–Kier alpha value is -4.14. The summed E-state index contributed by atoms with van der Waals surface area (Å²) >= 11 is 9.02. The molecule has 1 saturated heterocycles. The van der Waals surface area contributed by atoms with Gasteiger partial charge in [0.25, 0.3) is 5.91 Å². The number of carbonyl (C=O) groups excluding carboxylic acids is 3. The first-order valence-electron chi connectivity index (χ1n) is 15.3. The molecule has 8 nitrogen and oxygen atoms in total. The Kier molecular flexibility index (Phi) is 7.68. The lowest BCUT2D eigenvalue weighted by Crippen LogP contribution is -2.42. The van der Waals surface area contributed by atoms with E-state index in [2.05, 4.69) is 10.3 Å². The Bertz CT molecular complexity index is 2090. The Balaban J connectivity index is 1.12. The molecule has 252 valence electrons. The number of fused-ring (bicyclic) bond motifs is 9. The van der Waals surface area contributed by atoms with Crippen LogP contribution < -0.4 is 19.8 Å². The number of amides is 3. The zero-order valence-electron chi connectivity index (χ0n) is 25.0. The maximum absolute atomic E-state index is 14.0. The monoisotopic (exact) mass is 729 g/mol. The number of nitrogens with zero attached hydrogens (tertiary/aromatic N) is 1. The highest BCUT2D eigenvalue weighted by Crippen LogP contribution is 2.69. The summed E-state index contributed by atoms with van der Waals surface area (Å²) in [6.07, 6.45) is -4.07. The fourth-order valence-electron chi connectivity index (χ4n) is 8.27. The summed E-state index contributed by atoms with van der Waals surface area (Å²) in [5, 5.41) is 3.11. The van der Waals surface area contributed by atoms with Crippen molar-refractivity contribution in [2.45, 2.75) is 28.8 Å². The lowest BCUT2D eigenvalue weighted by atomic mass is 9.68. The van der Waals surface area contributed by atoms with Gasteiger partial charge in [0, 0.05) is 26.6 Å². The first kappa shape index (κ1) is 32.1. The van der Waals surface area contributed by atoms with Crippen molar-refractivity contribution in [2.75, 3.05) is 16.8 Å². The molecule has 2 aliphatic heterocycles. The van der Waals surface area contributed by atoms with Gasteiger partial charge in [-0.2, -0.15) is 13.2 Å². The molecule has 2 aliphatic carbocycles. The molecule has 2 bridgehead atoms. The van der Waals surface area contributed by atoms with Gasteiger partial charge >= 0.3 is 11.0 Å². The largest absolute Gasteiger partial charge is 0.483 e. The fourth-order valence-corrected chi connectivity index (χ4v) is 11.3. The number of rotatable bonds is 6. The predicted octanol–water partition coefficient (Wildman–Crippen LogP) is 6.94. The van der Waals surface area contributed by atoms with Gasteiger partial charge in [0.1, 0.15) is 11.6 Å². The van der Waals surface area contributed by atoms with Gasteiger partial charge in [0.05, 0.1) is 33.8 Å². The third-order valence-corrected chi connectivity index (χ3v) is 12.8. The number of H-pyrrole nitrogens is 1. The van der Waals surface area contributed by atoms with Crippen LogP contribution in [0.4, 0.5) is 28.9 Å². The SMILES string of the molecule is O=C(COc1ccc(Cl)cc1[C@H]1c2sc(=O)[nH]c2SC2C1[C@H]1C[C@@H]2C2C(=O)N(c3ccc(F)cc3)C(=O)C21)Nc1ccccc1C(F)(F)F. The van der Waals surface area contributed by atoms with Crippen LogP contribution in [-0.2, 0) is 20.6 Å². The number of benzene rings is 3.